The molecule has 1 atom stereocenters. The van der Waals surface area contributed by atoms with Crippen LogP contribution in [0.15, 0.2) is 24.3 Å². The Morgan fingerprint density at radius 2 is 2.25 bits per heavy atom. The zero-order valence-electron chi connectivity index (χ0n) is 9.06. The van der Waals surface area contributed by atoms with Crippen molar-refractivity contribution >= 4 is 5.97 Å². The van der Waals surface area contributed by atoms with E-state index in [0.717, 1.165) is 13.1 Å². The molecule has 1 heterocycles. The van der Waals surface area contributed by atoms with Crippen molar-refractivity contribution in [2.45, 2.75) is 5.92 Å². The first-order chi connectivity index (χ1) is 7.58. The van der Waals surface area contributed by atoms with Gasteiger partial charge >= 0.3 is 5.97 Å². The molecule has 0 spiro atoms. The molecular formula is C12H14FNO2. The molecule has 1 aromatic carbocycles. The molecule has 1 aromatic rings. The van der Waals surface area contributed by atoms with Crippen molar-refractivity contribution in [3.05, 3.63) is 35.6 Å². The quantitative estimate of drug-likeness (QED) is 0.845. The van der Waals surface area contributed by atoms with Gasteiger partial charge in [0.2, 0.25) is 0 Å². The summed E-state index contributed by atoms with van der Waals surface area (Å²) in [4.78, 5) is 13.3. The van der Waals surface area contributed by atoms with Crippen LogP contribution in [-0.4, -0.2) is 36.1 Å². The average Bonchev–Trinajstić information content (AvgIpc) is 2.15. The van der Waals surface area contributed by atoms with E-state index >= 15 is 0 Å². The molecule has 1 unspecified atom stereocenters. The molecule has 2 rings (SSSR count). The maximum atomic E-state index is 13.0. The van der Waals surface area contributed by atoms with Gasteiger partial charge in [0.1, 0.15) is 5.82 Å². The molecule has 0 aliphatic carbocycles. The third-order valence-electron chi connectivity index (χ3n) is 3.04. The summed E-state index contributed by atoms with van der Waals surface area (Å²) in [5.74, 6) is -1.75. The molecule has 4 heteroatoms. The molecule has 1 saturated heterocycles. The van der Waals surface area contributed by atoms with Crippen molar-refractivity contribution < 1.29 is 14.3 Å². The van der Waals surface area contributed by atoms with Gasteiger partial charge in [-0.1, -0.05) is 12.1 Å². The van der Waals surface area contributed by atoms with E-state index in [-0.39, 0.29) is 11.7 Å². The van der Waals surface area contributed by atoms with Crippen LogP contribution in [-0.2, 0) is 4.79 Å². The zero-order valence-corrected chi connectivity index (χ0v) is 9.06. The number of benzene rings is 1. The first-order valence-corrected chi connectivity index (χ1v) is 5.24. The maximum absolute atomic E-state index is 13.0. The van der Waals surface area contributed by atoms with E-state index in [1.807, 2.05) is 7.05 Å². The third-order valence-corrected chi connectivity index (χ3v) is 3.04. The fraction of sp³-hybridized carbons (Fsp3) is 0.417. The number of hydrogen-bond acceptors (Lipinski definition) is 2. The number of hydrogen-bond donors (Lipinski definition) is 1. The lowest BCUT2D eigenvalue weighted by molar-refractivity contribution is -0.141. The largest absolute Gasteiger partial charge is 0.481 e. The molecule has 1 N–H and O–H groups in total. The number of likely N-dealkylation sites (tertiary alicyclic amines) is 1. The molecule has 16 heavy (non-hydrogen) atoms. The molecular weight excluding hydrogens is 209 g/mol. The van der Waals surface area contributed by atoms with Gasteiger partial charge in [0.05, 0.1) is 5.92 Å². The second kappa shape index (κ2) is 4.22. The molecule has 0 saturated carbocycles. The number of carboxylic acid groups (broad SMARTS) is 1. The summed E-state index contributed by atoms with van der Waals surface area (Å²) < 4.78 is 13.0. The highest BCUT2D eigenvalue weighted by atomic mass is 19.1. The molecule has 1 aliphatic rings. The van der Waals surface area contributed by atoms with Crippen molar-refractivity contribution in [3.63, 3.8) is 0 Å². The summed E-state index contributed by atoms with van der Waals surface area (Å²) >= 11 is 0. The third kappa shape index (κ3) is 2.07. The van der Waals surface area contributed by atoms with Crippen LogP contribution in [0.2, 0.25) is 0 Å². The van der Waals surface area contributed by atoms with Crippen molar-refractivity contribution in [3.8, 4) is 0 Å². The van der Waals surface area contributed by atoms with Gasteiger partial charge in [0.15, 0.2) is 0 Å². The topological polar surface area (TPSA) is 40.5 Å². The van der Waals surface area contributed by atoms with E-state index in [1.54, 1.807) is 12.1 Å². The molecule has 0 aromatic heterocycles. The van der Waals surface area contributed by atoms with Crippen LogP contribution >= 0.6 is 0 Å². The summed E-state index contributed by atoms with van der Waals surface area (Å²) in [6.07, 6.45) is 0. The van der Waals surface area contributed by atoms with E-state index < -0.39 is 11.9 Å². The Morgan fingerprint density at radius 3 is 2.75 bits per heavy atom. The Bertz CT molecular complexity index is 402. The van der Waals surface area contributed by atoms with Gasteiger partial charge in [-0.3, -0.25) is 4.79 Å². The Hall–Kier alpha value is -1.42. The van der Waals surface area contributed by atoms with E-state index in [4.69, 9.17) is 0 Å². The van der Waals surface area contributed by atoms with Crippen LogP contribution in [0.4, 0.5) is 4.39 Å². The van der Waals surface area contributed by atoms with Crippen molar-refractivity contribution in [1.29, 1.82) is 0 Å². The number of nitrogens with zero attached hydrogens (tertiary/aromatic N) is 1. The van der Waals surface area contributed by atoms with Gasteiger partial charge in [-0.25, -0.2) is 4.39 Å². The van der Waals surface area contributed by atoms with Gasteiger partial charge < -0.3 is 10.0 Å². The summed E-state index contributed by atoms with van der Waals surface area (Å²) in [6, 6.07) is 5.88. The van der Waals surface area contributed by atoms with Crippen LogP contribution in [0.5, 0.6) is 0 Å². The molecule has 1 fully saturated rings. The van der Waals surface area contributed by atoms with Crippen molar-refractivity contribution in [2.75, 3.05) is 20.1 Å². The van der Waals surface area contributed by atoms with Crippen LogP contribution in [0.3, 0.4) is 0 Å². The molecule has 1 aliphatic heterocycles. The highest BCUT2D eigenvalue weighted by Crippen LogP contribution is 2.31. The number of rotatable bonds is 3. The fourth-order valence-corrected chi connectivity index (χ4v) is 2.27. The van der Waals surface area contributed by atoms with E-state index in [1.165, 1.54) is 12.1 Å². The molecule has 0 bridgehead atoms. The standard InChI is InChI=1S/C12H14FNO2/c1-14-6-9(7-14)11(12(15)16)8-3-2-4-10(13)5-8/h2-5,9,11H,6-7H2,1H3,(H,15,16). The Kier molecular flexibility index (Phi) is 2.92. The van der Waals surface area contributed by atoms with Crippen molar-refractivity contribution in [2.24, 2.45) is 5.92 Å². The Morgan fingerprint density at radius 1 is 1.56 bits per heavy atom. The lowest BCUT2D eigenvalue weighted by Gasteiger charge is -2.39. The summed E-state index contributed by atoms with van der Waals surface area (Å²) in [7, 11) is 1.95. The highest BCUT2D eigenvalue weighted by Gasteiger charge is 2.36. The number of carboxylic acids is 1. The van der Waals surface area contributed by atoms with Crippen LogP contribution in [0.1, 0.15) is 11.5 Å². The van der Waals surface area contributed by atoms with E-state index in [9.17, 15) is 14.3 Å². The van der Waals surface area contributed by atoms with Crippen LogP contribution in [0, 0.1) is 11.7 Å². The van der Waals surface area contributed by atoms with E-state index in [0.29, 0.717) is 5.56 Å². The second-order valence-electron chi connectivity index (χ2n) is 4.35. The maximum Gasteiger partial charge on any atom is 0.311 e. The minimum atomic E-state index is -0.872. The monoisotopic (exact) mass is 223 g/mol. The molecule has 0 radical (unpaired) electrons. The number of halogens is 1. The molecule has 0 amide bonds. The smallest absolute Gasteiger partial charge is 0.311 e. The molecule has 86 valence electrons. The van der Waals surface area contributed by atoms with Crippen molar-refractivity contribution in [1.82, 2.24) is 4.90 Å². The predicted molar refractivity (Wildman–Crippen MR) is 57.8 cm³/mol. The van der Waals surface area contributed by atoms with Crippen LogP contribution in [0.25, 0.3) is 0 Å². The van der Waals surface area contributed by atoms with Crippen LogP contribution < -0.4 is 0 Å². The lowest BCUT2D eigenvalue weighted by atomic mass is 9.81. The van der Waals surface area contributed by atoms with Gasteiger partial charge in [-0.05, 0) is 24.7 Å². The number of carbonyl (C=O) groups is 1. The fourth-order valence-electron chi connectivity index (χ4n) is 2.27. The SMILES string of the molecule is CN1CC(C(C(=O)O)c2cccc(F)c2)C1. The minimum absolute atomic E-state index is 0.0873. The first kappa shape index (κ1) is 11.1. The van der Waals surface area contributed by atoms with Gasteiger partial charge in [0, 0.05) is 19.0 Å². The zero-order chi connectivity index (χ0) is 11.7. The van der Waals surface area contributed by atoms with E-state index in [2.05, 4.69) is 4.90 Å². The summed E-state index contributed by atoms with van der Waals surface area (Å²) in [5.41, 5.74) is 0.561. The van der Waals surface area contributed by atoms with Gasteiger partial charge in [-0.2, -0.15) is 0 Å². The van der Waals surface area contributed by atoms with Gasteiger partial charge in [0.25, 0.3) is 0 Å². The normalized spacial score (nSPS) is 19.1. The predicted octanol–water partition coefficient (Wildman–Crippen LogP) is 1.56. The number of aliphatic carboxylic acids is 1. The first-order valence-electron chi connectivity index (χ1n) is 5.24. The minimum Gasteiger partial charge on any atom is -0.481 e. The Balaban J connectivity index is 2.23. The highest BCUT2D eigenvalue weighted by molar-refractivity contribution is 5.76. The lowest BCUT2D eigenvalue weighted by Crippen LogP contribution is -2.48. The molecule has 3 nitrogen and oxygen atoms in total. The second-order valence-corrected chi connectivity index (χ2v) is 4.35. The summed E-state index contributed by atoms with van der Waals surface area (Å²) in [6.45, 7) is 1.51. The summed E-state index contributed by atoms with van der Waals surface area (Å²) in [5, 5.41) is 9.20. The average molecular weight is 223 g/mol. The Labute approximate surface area is 93.5 Å². The van der Waals surface area contributed by atoms with Gasteiger partial charge in [-0.15, -0.1) is 0 Å².